The van der Waals surface area contributed by atoms with Crippen molar-refractivity contribution in [1.29, 1.82) is 0 Å². The number of rotatable bonds is 5. The van der Waals surface area contributed by atoms with Gasteiger partial charge >= 0.3 is 0 Å². The number of hydrogen-bond acceptors (Lipinski definition) is 4. The second-order valence-electron chi connectivity index (χ2n) is 4.48. The molecule has 0 aliphatic carbocycles. The number of aromatic nitrogens is 1. The first kappa shape index (κ1) is 13.0. The summed E-state index contributed by atoms with van der Waals surface area (Å²) in [7, 11) is 0. The lowest BCUT2D eigenvalue weighted by molar-refractivity contribution is -0.122. The number of carbonyl (C=O) groups is 1. The van der Waals surface area contributed by atoms with Crippen LogP contribution >= 0.6 is 0 Å². The summed E-state index contributed by atoms with van der Waals surface area (Å²) in [5, 5.41) is 6.23. The Morgan fingerprint density at radius 2 is 2.06 bits per heavy atom. The van der Waals surface area contributed by atoms with Crippen molar-refractivity contribution in [3.63, 3.8) is 0 Å². The van der Waals surface area contributed by atoms with Gasteiger partial charge in [-0.3, -0.25) is 14.7 Å². The molecular formula is C13H20N4O. The van der Waals surface area contributed by atoms with Crippen LogP contribution in [0.15, 0.2) is 24.5 Å². The molecule has 0 bridgehead atoms. The largest absolute Gasteiger partial charge is 0.355 e. The van der Waals surface area contributed by atoms with Crippen LogP contribution in [0.1, 0.15) is 5.56 Å². The van der Waals surface area contributed by atoms with Gasteiger partial charge in [-0.15, -0.1) is 0 Å². The highest BCUT2D eigenvalue weighted by molar-refractivity contribution is 5.78. The molecule has 98 valence electrons. The molecule has 5 nitrogen and oxygen atoms in total. The van der Waals surface area contributed by atoms with Crippen LogP contribution in [-0.2, 0) is 11.2 Å². The molecule has 1 fully saturated rings. The summed E-state index contributed by atoms with van der Waals surface area (Å²) in [5.74, 6) is 0.117. The van der Waals surface area contributed by atoms with Gasteiger partial charge in [-0.05, 0) is 24.1 Å². The van der Waals surface area contributed by atoms with Gasteiger partial charge in [-0.25, -0.2) is 0 Å². The van der Waals surface area contributed by atoms with Gasteiger partial charge < -0.3 is 10.6 Å². The van der Waals surface area contributed by atoms with Gasteiger partial charge in [0, 0.05) is 45.1 Å². The molecule has 0 spiro atoms. The molecule has 2 N–H and O–H groups in total. The van der Waals surface area contributed by atoms with Crippen molar-refractivity contribution in [2.24, 2.45) is 0 Å². The minimum Gasteiger partial charge on any atom is -0.355 e. The van der Waals surface area contributed by atoms with Gasteiger partial charge in [0.05, 0.1) is 6.54 Å². The summed E-state index contributed by atoms with van der Waals surface area (Å²) in [5.41, 5.74) is 1.20. The zero-order valence-corrected chi connectivity index (χ0v) is 10.6. The first-order valence-corrected chi connectivity index (χ1v) is 6.43. The predicted molar refractivity (Wildman–Crippen MR) is 70.3 cm³/mol. The van der Waals surface area contributed by atoms with E-state index >= 15 is 0 Å². The van der Waals surface area contributed by atoms with Crippen molar-refractivity contribution in [2.75, 3.05) is 39.3 Å². The van der Waals surface area contributed by atoms with Crippen LogP contribution in [0.4, 0.5) is 0 Å². The first-order chi connectivity index (χ1) is 8.84. The minimum absolute atomic E-state index is 0.117. The lowest BCUT2D eigenvalue weighted by atomic mass is 10.2. The van der Waals surface area contributed by atoms with Crippen LogP contribution in [0.25, 0.3) is 0 Å². The minimum atomic E-state index is 0.117. The molecule has 0 radical (unpaired) electrons. The Hall–Kier alpha value is -1.46. The average Bonchev–Trinajstić information content (AvgIpc) is 2.41. The number of nitrogens with zero attached hydrogens (tertiary/aromatic N) is 2. The van der Waals surface area contributed by atoms with Crippen LogP contribution in [0, 0.1) is 0 Å². The van der Waals surface area contributed by atoms with Crippen LogP contribution in [0.2, 0.25) is 0 Å². The highest BCUT2D eigenvalue weighted by Gasteiger charge is 2.12. The highest BCUT2D eigenvalue weighted by Crippen LogP contribution is 1.96. The molecule has 18 heavy (non-hydrogen) atoms. The molecule has 1 aliphatic heterocycles. The van der Waals surface area contributed by atoms with Crippen molar-refractivity contribution in [2.45, 2.75) is 6.42 Å². The van der Waals surface area contributed by atoms with E-state index < -0.39 is 0 Å². The van der Waals surface area contributed by atoms with Gasteiger partial charge in [-0.1, -0.05) is 0 Å². The average molecular weight is 248 g/mol. The molecule has 1 saturated heterocycles. The molecule has 0 saturated carbocycles. The van der Waals surface area contributed by atoms with E-state index in [-0.39, 0.29) is 5.91 Å². The van der Waals surface area contributed by atoms with Crippen molar-refractivity contribution in [3.05, 3.63) is 30.1 Å². The van der Waals surface area contributed by atoms with E-state index in [1.54, 1.807) is 12.4 Å². The maximum absolute atomic E-state index is 11.7. The molecule has 1 aliphatic rings. The van der Waals surface area contributed by atoms with E-state index in [9.17, 15) is 4.79 Å². The third-order valence-corrected chi connectivity index (χ3v) is 3.06. The molecule has 1 aromatic heterocycles. The second-order valence-corrected chi connectivity index (χ2v) is 4.48. The molecule has 2 rings (SSSR count). The Bertz CT molecular complexity index is 363. The molecule has 0 atom stereocenters. The van der Waals surface area contributed by atoms with Gasteiger partial charge in [0.2, 0.25) is 5.91 Å². The van der Waals surface area contributed by atoms with Gasteiger partial charge in [-0.2, -0.15) is 0 Å². The Morgan fingerprint density at radius 3 is 2.78 bits per heavy atom. The maximum atomic E-state index is 11.7. The monoisotopic (exact) mass is 248 g/mol. The summed E-state index contributed by atoms with van der Waals surface area (Å²) >= 11 is 0. The summed E-state index contributed by atoms with van der Waals surface area (Å²) in [6.07, 6.45) is 4.41. The van der Waals surface area contributed by atoms with E-state index in [1.807, 2.05) is 12.1 Å². The third kappa shape index (κ3) is 4.43. The van der Waals surface area contributed by atoms with Crippen LogP contribution in [-0.4, -0.2) is 55.1 Å². The number of carbonyl (C=O) groups excluding carboxylic acids is 1. The van der Waals surface area contributed by atoms with Crippen molar-refractivity contribution >= 4 is 5.91 Å². The van der Waals surface area contributed by atoms with Crippen LogP contribution in [0.3, 0.4) is 0 Å². The zero-order chi connectivity index (χ0) is 12.6. The van der Waals surface area contributed by atoms with E-state index in [0.717, 1.165) is 32.6 Å². The van der Waals surface area contributed by atoms with Gasteiger partial charge in [0.1, 0.15) is 0 Å². The lowest BCUT2D eigenvalue weighted by Gasteiger charge is -2.26. The van der Waals surface area contributed by atoms with E-state index in [1.165, 1.54) is 5.56 Å². The molecule has 0 aromatic carbocycles. The zero-order valence-electron chi connectivity index (χ0n) is 10.6. The topological polar surface area (TPSA) is 57.3 Å². The first-order valence-electron chi connectivity index (χ1n) is 6.43. The Labute approximate surface area is 108 Å². The van der Waals surface area contributed by atoms with Gasteiger partial charge in [0.25, 0.3) is 0 Å². The number of pyridine rings is 1. The number of amides is 1. The fourth-order valence-corrected chi connectivity index (χ4v) is 2.02. The lowest BCUT2D eigenvalue weighted by Crippen LogP contribution is -2.47. The highest BCUT2D eigenvalue weighted by atomic mass is 16.2. The summed E-state index contributed by atoms with van der Waals surface area (Å²) < 4.78 is 0. The van der Waals surface area contributed by atoms with Gasteiger partial charge in [0.15, 0.2) is 0 Å². The number of nitrogens with one attached hydrogen (secondary N) is 2. The quantitative estimate of drug-likeness (QED) is 0.747. The fourth-order valence-electron chi connectivity index (χ4n) is 2.02. The van der Waals surface area contributed by atoms with E-state index in [4.69, 9.17) is 0 Å². The van der Waals surface area contributed by atoms with E-state index in [2.05, 4.69) is 20.5 Å². The Balaban J connectivity index is 1.62. The molecular weight excluding hydrogens is 228 g/mol. The molecule has 0 unspecified atom stereocenters. The third-order valence-electron chi connectivity index (χ3n) is 3.06. The SMILES string of the molecule is O=C(CN1CCNCC1)NCCc1ccncc1. The van der Waals surface area contributed by atoms with Crippen molar-refractivity contribution < 1.29 is 4.79 Å². The van der Waals surface area contributed by atoms with Crippen molar-refractivity contribution in [1.82, 2.24) is 20.5 Å². The molecule has 1 amide bonds. The number of hydrogen-bond donors (Lipinski definition) is 2. The summed E-state index contributed by atoms with van der Waals surface area (Å²) in [4.78, 5) is 17.9. The van der Waals surface area contributed by atoms with Crippen LogP contribution in [0.5, 0.6) is 0 Å². The fraction of sp³-hybridized carbons (Fsp3) is 0.538. The number of piperazine rings is 1. The second kappa shape index (κ2) is 7.08. The smallest absolute Gasteiger partial charge is 0.234 e. The van der Waals surface area contributed by atoms with Crippen molar-refractivity contribution in [3.8, 4) is 0 Å². The molecule has 1 aromatic rings. The Morgan fingerprint density at radius 1 is 1.33 bits per heavy atom. The molecule has 5 heteroatoms. The predicted octanol–water partition coefficient (Wildman–Crippen LogP) is -0.354. The normalized spacial score (nSPS) is 16.4. The maximum Gasteiger partial charge on any atom is 0.234 e. The summed E-state index contributed by atoms with van der Waals surface area (Å²) in [6.45, 7) is 5.07. The standard InChI is InChI=1S/C13H20N4O/c18-13(11-17-9-7-15-8-10-17)16-6-3-12-1-4-14-5-2-12/h1-2,4-5,15H,3,6-11H2,(H,16,18). The molecule has 2 heterocycles. The van der Waals surface area contributed by atoms with Crippen LogP contribution < -0.4 is 10.6 Å². The Kier molecular flexibility index (Phi) is 5.11. The van der Waals surface area contributed by atoms with E-state index in [0.29, 0.717) is 13.1 Å². The summed E-state index contributed by atoms with van der Waals surface area (Å²) in [6, 6.07) is 3.95.